The summed E-state index contributed by atoms with van der Waals surface area (Å²) in [6.45, 7) is 5.31. The molecule has 4 aromatic carbocycles. The second-order valence-corrected chi connectivity index (χ2v) is 13.9. The molecule has 3 N–H and O–H groups in total. The van der Waals surface area contributed by atoms with Crippen LogP contribution < -0.4 is 25.7 Å². The van der Waals surface area contributed by atoms with E-state index in [0.29, 0.717) is 33.8 Å². The molecule has 16 heteroatoms. The van der Waals surface area contributed by atoms with Gasteiger partial charge in [-0.25, -0.2) is 9.07 Å². The Hall–Kier alpha value is -6.36. The van der Waals surface area contributed by atoms with Gasteiger partial charge in [-0.2, -0.15) is 8.42 Å². The third kappa shape index (κ3) is 9.84. The normalized spacial score (nSPS) is 11.6. The van der Waals surface area contributed by atoms with Gasteiger partial charge >= 0.3 is 5.97 Å². The van der Waals surface area contributed by atoms with Crippen LogP contribution in [0.2, 0.25) is 0 Å². The van der Waals surface area contributed by atoms with E-state index in [4.69, 9.17) is 18.8 Å². The van der Waals surface area contributed by atoms with E-state index in [1.54, 1.807) is 106 Å². The Morgan fingerprint density at radius 1 is 0.946 bits per heavy atom. The zero-order chi connectivity index (χ0) is 40.6. The van der Waals surface area contributed by atoms with E-state index in [-0.39, 0.29) is 35.0 Å². The van der Waals surface area contributed by atoms with Gasteiger partial charge in [-0.3, -0.25) is 28.6 Å². The first-order valence-corrected chi connectivity index (χ1v) is 18.6. The Morgan fingerprint density at radius 2 is 1.66 bits per heavy atom. The molecule has 2 heterocycles. The molecule has 1 atom stereocenters. The van der Waals surface area contributed by atoms with Crippen molar-refractivity contribution in [3.05, 3.63) is 136 Å². The summed E-state index contributed by atoms with van der Waals surface area (Å²) < 4.78 is 64.3. The van der Waals surface area contributed by atoms with Gasteiger partial charge in [0.05, 0.1) is 42.0 Å². The lowest BCUT2D eigenvalue weighted by atomic mass is 10.2. The maximum atomic E-state index is 15.2. The number of fused-ring (bicyclic) bond motifs is 1. The van der Waals surface area contributed by atoms with Crippen LogP contribution in [0.4, 0.5) is 10.1 Å². The van der Waals surface area contributed by atoms with Gasteiger partial charge in [-0.15, -0.1) is 0 Å². The molecule has 6 rings (SSSR count). The van der Waals surface area contributed by atoms with Crippen LogP contribution in [0.1, 0.15) is 28.5 Å². The summed E-state index contributed by atoms with van der Waals surface area (Å²) in [6.07, 6.45) is 0.941. The highest BCUT2D eigenvalue weighted by Gasteiger charge is 2.26. The molecule has 56 heavy (non-hydrogen) atoms. The number of hydrogen-bond donors (Lipinski definition) is 3. The second-order valence-electron chi connectivity index (χ2n) is 12.5. The number of amides is 1. The maximum absolute atomic E-state index is 15.2. The standard InChI is InChI=1S/C33H32FN5O6.C7H8O3S/c1-20(44-30(40)18-35-3)19-38-21(2)31(33(42)39(38)23-8-6-5-7-9-23)32(41)37-22-10-13-29(26(34)16-22)45-28-14-15-36-27-17-24(43-4)11-12-25(27)28;1-6-2-4-7(5-3-6)11(8,9)10/h5-17,20,35H,18-19H2,1-4H3,(H,37,41);2-5H,1H3,(H,8,9,10)/t20-;/m1./s1. The molecule has 0 aliphatic heterocycles. The summed E-state index contributed by atoms with van der Waals surface area (Å²) in [5, 5.41) is 6.03. The van der Waals surface area contributed by atoms with Gasteiger partial charge in [0.15, 0.2) is 11.6 Å². The lowest BCUT2D eigenvalue weighted by molar-refractivity contribution is -0.147. The minimum Gasteiger partial charge on any atom is -0.497 e. The maximum Gasteiger partial charge on any atom is 0.320 e. The van der Waals surface area contributed by atoms with Gasteiger partial charge in [0.25, 0.3) is 21.6 Å². The third-order valence-corrected chi connectivity index (χ3v) is 9.21. The predicted molar refractivity (Wildman–Crippen MR) is 208 cm³/mol. The minimum absolute atomic E-state index is 0.0307. The number of methoxy groups -OCH3 is 1. The largest absolute Gasteiger partial charge is 0.497 e. The summed E-state index contributed by atoms with van der Waals surface area (Å²) in [4.78, 5) is 43.4. The molecule has 0 aliphatic rings. The predicted octanol–water partition coefficient (Wildman–Crippen LogP) is 6.08. The molecule has 0 saturated heterocycles. The second kappa shape index (κ2) is 17.9. The van der Waals surface area contributed by atoms with Crippen molar-refractivity contribution < 1.29 is 41.2 Å². The Bertz CT molecular complexity index is 2520. The summed E-state index contributed by atoms with van der Waals surface area (Å²) in [5.74, 6) is -0.938. The van der Waals surface area contributed by atoms with Crippen molar-refractivity contribution in [1.29, 1.82) is 0 Å². The van der Waals surface area contributed by atoms with E-state index in [2.05, 4.69) is 15.6 Å². The van der Waals surface area contributed by atoms with Gasteiger partial charge in [0.2, 0.25) is 0 Å². The number of esters is 1. The Labute approximate surface area is 322 Å². The number of aryl methyl sites for hydroxylation is 1. The summed E-state index contributed by atoms with van der Waals surface area (Å²) >= 11 is 0. The number of nitrogens with zero attached hydrogens (tertiary/aromatic N) is 3. The molecule has 0 saturated carbocycles. The van der Waals surface area contributed by atoms with Crippen molar-refractivity contribution in [1.82, 2.24) is 19.7 Å². The third-order valence-electron chi connectivity index (χ3n) is 8.35. The summed E-state index contributed by atoms with van der Waals surface area (Å²) in [5.41, 5.74) is 1.86. The number of hydrogen-bond acceptors (Lipinski definition) is 10. The van der Waals surface area contributed by atoms with Crippen LogP contribution >= 0.6 is 0 Å². The molecule has 2 aromatic heterocycles. The molecule has 0 spiro atoms. The highest BCUT2D eigenvalue weighted by Crippen LogP contribution is 2.33. The minimum atomic E-state index is -4.02. The first kappa shape index (κ1) is 40.8. The van der Waals surface area contributed by atoms with Gasteiger partial charge in [-0.05, 0) is 82.4 Å². The molecular formula is C40H40FN5O9S. The van der Waals surface area contributed by atoms with Crippen molar-refractivity contribution in [3.8, 4) is 22.9 Å². The van der Waals surface area contributed by atoms with Gasteiger partial charge in [0.1, 0.15) is 23.2 Å². The van der Waals surface area contributed by atoms with Gasteiger partial charge in [0, 0.05) is 29.4 Å². The Balaban J connectivity index is 0.000000470. The molecule has 6 aromatic rings. The average molecular weight is 786 g/mol. The fourth-order valence-corrected chi connectivity index (χ4v) is 6.13. The first-order chi connectivity index (χ1) is 26.7. The molecule has 292 valence electrons. The number of aromatic nitrogens is 3. The molecule has 0 aliphatic carbocycles. The van der Waals surface area contributed by atoms with Crippen molar-refractivity contribution in [2.24, 2.45) is 0 Å². The number of ether oxygens (including phenoxy) is 3. The average Bonchev–Trinajstić information content (AvgIpc) is 3.40. The van der Waals surface area contributed by atoms with E-state index in [9.17, 15) is 22.8 Å². The molecule has 0 radical (unpaired) electrons. The highest BCUT2D eigenvalue weighted by atomic mass is 32.2. The van der Waals surface area contributed by atoms with Crippen molar-refractivity contribution >= 4 is 38.6 Å². The van der Waals surface area contributed by atoms with E-state index >= 15 is 4.39 Å². The van der Waals surface area contributed by atoms with Gasteiger partial charge in [-0.1, -0.05) is 35.9 Å². The fraction of sp³-hybridized carbons (Fsp3) is 0.200. The molecule has 0 unspecified atom stereocenters. The first-order valence-electron chi connectivity index (χ1n) is 17.2. The molecule has 0 fully saturated rings. The number of para-hydroxylation sites is 1. The highest BCUT2D eigenvalue weighted by molar-refractivity contribution is 7.85. The number of benzene rings is 4. The lowest BCUT2D eigenvalue weighted by Gasteiger charge is -2.18. The summed E-state index contributed by atoms with van der Waals surface area (Å²) in [7, 11) is -0.833. The SMILES string of the molecule is CNCC(=O)O[C@H](C)Cn1c(C)c(C(=O)Nc2ccc(Oc3ccnc4cc(OC)ccc34)c(F)c2)c(=O)n1-c1ccccc1.Cc1ccc(S(=O)(=O)O)cc1. The van der Waals surface area contributed by atoms with Crippen molar-refractivity contribution in [3.63, 3.8) is 0 Å². The van der Waals surface area contributed by atoms with E-state index < -0.39 is 39.5 Å². The molecule has 14 nitrogen and oxygen atoms in total. The van der Waals surface area contributed by atoms with Crippen LogP contribution in [0.15, 0.2) is 113 Å². The van der Waals surface area contributed by atoms with Crippen molar-refractivity contribution in [2.45, 2.75) is 38.3 Å². The lowest BCUT2D eigenvalue weighted by Crippen LogP contribution is -2.30. The zero-order valence-corrected chi connectivity index (χ0v) is 32.0. The molecular weight excluding hydrogens is 746 g/mol. The monoisotopic (exact) mass is 785 g/mol. The number of nitrogens with one attached hydrogen (secondary N) is 2. The quantitative estimate of drug-likeness (QED) is 0.0967. The van der Waals surface area contributed by atoms with Gasteiger partial charge < -0.3 is 24.8 Å². The number of rotatable bonds is 12. The van der Waals surface area contributed by atoms with Crippen LogP contribution in [0, 0.1) is 19.7 Å². The van der Waals surface area contributed by atoms with Crippen LogP contribution in [0.5, 0.6) is 17.2 Å². The number of likely N-dealkylation sites (N-methyl/N-ethyl adjacent to an activating group) is 1. The van der Waals surface area contributed by atoms with Crippen LogP contribution in [0.25, 0.3) is 16.6 Å². The van der Waals surface area contributed by atoms with Crippen LogP contribution in [-0.4, -0.2) is 66.0 Å². The van der Waals surface area contributed by atoms with E-state index in [0.717, 1.165) is 11.6 Å². The van der Waals surface area contributed by atoms with Crippen LogP contribution in [-0.2, 0) is 26.2 Å². The number of pyridine rings is 1. The number of halogens is 1. The molecule has 1 amide bonds. The van der Waals surface area contributed by atoms with E-state index in [1.165, 1.54) is 28.9 Å². The summed E-state index contributed by atoms with van der Waals surface area (Å²) in [6, 6.07) is 25.7. The Kier molecular flexibility index (Phi) is 13.0. The topological polar surface area (TPSA) is 180 Å². The van der Waals surface area contributed by atoms with Crippen LogP contribution in [0.3, 0.4) is 0 Å². The Morgan fingerprint density at radius 3 is 2.30 bits per heavy atom. The smallest absolute Gasteiger partial charge is 0.320 e. The van der Waals surface area contributed by atoms with E-state index in [1.807, 2.05) is 6.92 Å². The molecule has 0 bridgehead atoms. The number of carbonyl (C=O) groups excluding carboxylic acids is 2. The zero-order valence-electron chi connectivity index (χ0n) is 31.1. The fourth-order valence-electron chi connectivity index (χ4n) is 5.65. The number of carbonyl (C=O) groups is 2. The van der Waals surface area contributed by atoms with Crippen molar-refractivity contribution in [2.75, 3.05) is 26.0 Å². The number of anilines is 1.